The second-order valence-electron chi connectivity index (χ2n) is 6.96. The van der Waals surface area contributed by atoms with E-state index in [1.165, 1.54) is 0 Å². The third-order valence-corrected chi connectivity index (χ3v) is 5.24. The van der Waals surface area contributed by atoms with Crippen LogP contribution in [0, 0.1) is 5.41 Å². The summed E-state index contributed by atoms with van der Waals surface area (Å²) in [7, 11) is 0. The molecule has 1 aliphatic heterocycles. The monoisotopic (exact) mass is 386 g/mol. The van der Waals surface area contributed by atoms with Crippen molar-refractivity contribution in [2.45, 2.75) is 38.8 Å². The lowest BCUT2D eigenvalue weighted by Gasteiger charge is -2.57. The fraction of sp³-hybridized carbons (Fsp3) is 0.611. The molecule has 0 aromatic heterocycles. The van der Waals surface area contributed by atoms with Gasteiger partial charge in [-0.25, -0.2) is 0 Å². The molecular formula is C18H27ClN2O5. The maximum absolute atomic E-state index is 12.5. The predicted octanol–water partition coefficient (Wildman–Crippen LogP) is 1.86. The maximum Gasteiger partial charge on any atom is 0.240 e. The van der Waals surface area contributed by atoms with Gasteiger partial charge in [0.1, 0.15) is 17.9 Å². The molecule has 2 atom stereocenters. The number of rotatable bonds is 7. The average molecular weight is 387 g/mol. The van der Waals surface area contributed by atoms with E-state index in [2.05, 4.69) is 5.32 Å². The Morgan fingerprint density at radius 1 is 1.35 bits per heavy atom. The van der Waals surface area contributed by atoms with E-state index in [0.29, 0.717) is 43.4 Å². The van der Waals surface area contributed by atoms with Crippen LogP contribution in [0.1, 0.15) is 27.2 Å². The van der Waals surface area contributed by atoms with Crippen LogP contribution in [-0.4, -0.2) is 44.1 Å². The molecule has 0 saturated heterocycles. The highest BCUT2D eigenvalue weighted by atomic mass is 35.5. The molecule has 1 aliphatic carbocycles. The molecule has 146 valence electrons. The molecule has 0 bridgehead atoms. The summed E-state index contributed by atoms with van der Waals surface area (Å²) in [6.07, 6.45) is 0.543. The molecule has 3 N–H and O–H groups in total. The van der Waals surface area contributed by atoms with Gasteiger partial charge in [0.25, 0.3) is 0 Å². The normalized spacial score (nSPS) is 25.0. The van der Waals surface area contributed by atoms with Crippen LogP contribution in [0.5, 0.6) is 17.2 Å². The van der Waals surface area contributed by atoms with Crippen LogP contribution in [0.3, 0.4) is 0 Å². The number of amides is 1. The Kier molecular flexibility index (Phi) is 6.26. The minimum Gasteiger partial charge on any atom is -0.492 e. The number of fused-ring (bicyclic) bond motifs is 1. The molecule has 1 heterocycles. The molecule has 2 unspecified atom stereocenters. The van der Waals surface area contributed by atoms with Crippen LogP contribution in [0.15, 0.2) is 18.2 Å². The summed E-state index contributed by atoms with van der Waals surface area (Å²) in [5, 5.41) is 2.87. The highest BCUT2D eigenvalue weighted by molar-refractivity contribution is 5.88. The molecule has 1 fully saturated rings. The Hall–Kier alpha value is -1.70. The van der Waals surface area contributed by atoms with Gasteiger partial charge in [-0.1, -0.05) is 13.8 Å². The standard InChI is InChI=1S/C18H26N2O5.ClH/c1-4-22-15-10-18(19,17(15,2)3)16(21)20-7-8-23-12-5-6-13-14(9-12)25-11-24-13;/h5-6,9,15H,4,7-8,10-11,19H2,1-3H3,(H,20,21);1H. The summed E-state index contributed by atoms with van der Waals surface area (Å²) in [6, 6.07) is 5.38. The third kappa shape index (κ3) is 3.56. The number of nitrogens with two attached hydrogens (primary N) is 1. The molecule has 0 spiro atoms. The fourth-order valence-electron chi connectivity index (χ4n) is 3.28. The van der Waals surface area contributed by atoms with Gasteiger partial charge in [0, 0.05) is 24.5 Å². The van der Waals surface area contributed by atoms with E-state index >= 15 is 0 Å². The second kappa shape index (κ2) is 7.90. The lowest BCUT2D eigenvalue weighted by atomic mass is 9.54. The van der Waals surface area contributed by atoms with Crippen molar-refractivity contribution in [1.29, 1.82) is 0 Å². The van der Waals surface area contributed by atoms with Crippen molar-refractivity contribution in [1.82, 2.24) is 5.32 Å². The van der Waals surface area contributed by atoms with Gasteiger partial charge in [-0.3, -0.25) is 4.79 Å². The summed E-state index contributed by atoms with van der Waals surface area (Å²) in [5.74, 6) is 1.88. The van der Waals surface area contributed by atoms with E-state index in [4.69, 9.17) is 24.7 Å². The number of ether oxygens (including phenoxy) is 4. The molecular weight excluding hydrogens is 360 g/mol. The van der Waals surface area contributed by atoms with Crippen LogP contribution in [0.25, 0.3) is 0 Å². The van der Waals surface area contributed by atoms with Crippen molar-refractivity contribution in [2.75, 3.05) is 26.6 Å². The van der Waals surface area contributed by atoms with E-state index in [0.717, 1.165) is 0 Å². The van der Waals surface area contributed by atoms with Gasteiger partial charge in [-0.2, -0.15) is 0 Å². The van der Waals surface area contributed by atoms with Crippen LogP contribution in [-0.2, 0) is 9.53 Å². The minimum atomic E-state index is -0.911. The van der Waals surface area contributed by atoms with Gasteiger partial charge in [-0.05, 0) is 19.1 Å². The Morgan fingerprint density at radius 2 is 2.08 bits per heavy atom. The first-order valence-corrected chi connectivity index (χ1v) is 8.59. The first-order valence-electron chi connectivity index (χ1n) is 8.59. The van der Waals surface area contributed by atoms with Crippen LogP contribution < -0.4 is 25.3 Å². The smallest absolute Gasteiger partial charge is 0.240 e. The van der Waals surface area contributed by atoms with Gasteiger partial charge < -0.3 is 30.0 Å². The Labute approximate surface area is 159 Å². The SMILES string of the molecule is CCOC1CC(N)(C(=O)NCCOc2ccc3c(c2)OCO3)C1(C)C.Cl. The van der Waals surface area contributed by atoms with Crippen molar-refractivity contribution in [3.05, 3.63) is 18.2 Å². The number of carbonyl (C=O) groups excluding carboxylic acids is 1. The molecule has 0 radical (unpaired) electrons. The molecule has 26 heavy (non-hydrogen) atoms. The van der Waals surface area contributed by atoms with Crippen molar-refractivity contribution in [3.8, 4) is 17.2 Å². The zero-order chi connectivity index (χ0) is 18.1. The van der Waals surface area contributed by atoms with E-state index in [1.807, 2.05) is 26.8 Å². The van der Waals surface area contributed by atoms with Gasteiger partial charge in [-0.15, -0.1) is 12.4 Å². The number of carbonyl (C=O) groups is 1. The minimum absolute atomic E-state index is 0. The van der Waals surface area contributed by atoms with Crippen molar-refractivity contribution in [2.24, 2.45) is 11.1 Å². The number of benzene rings is 1. The van der Waals surface area contributed by atoms with Gasteiger partial charge in [0.2, 0.25) is 12.7 Å². The number of nitrogens with one attached hydrogen (secondary N) is 1. The predicted molar refractivity (Wildman–Crippen MR) is 99.0 cm³/mol. The third-order valence-electron chi connectivity index (χ3n) is 5.24. The molecule has 8 heteroatoms. The summed E-state index contributed by atoms with van der Waals surface area (Å²) in [6.45, 7) is 7.46. The zero-order valence-electron chi connectivity index (χ0n) is 15.4. The summed E-state index contributed by atoms with van der Waals surface area (Å²) >= 11 is 0. The lowest BCUT2D eigenvalue weighted by Crippen LogP contribution is -2.75. The van der Waals surface area contributed by atoms with Crippen LogP contribution >= 0.6 is 12.4 Å². The zero-order valence-corrected chi connectivity index (χ0v) is 16.2. The number of halogens is 1. The van der Waals surface area contributed by atoms with E-state index in [9.17, 15) is 4.79 Å². The number of hydrogen-bond donors (Lipinski definition) is 2. The van der Waals surface area contributed by atoms with Crippen molar-refractivity contribution in [3.63, 3.8) is 0 Å². The number of hydrogen-bond acceptors (Lipinski definition) is 6. The highest BCUT2D eigenvalue weighted by Crippen LogP contribution is 2.49. The Bertz CT molecular complexity index is 654. The first kappa shape index (κ1) is 20.6. The molecule has 3 rings (SSSR count). The largest absolute Gasteiger partial charge is 0.492 e. The topological polar surface area (TPSA) is 92.0 Å². The molecule has 1 amide bonds. The molecule has 1 aromatic carbocycles. The first-order chi connectivity index (χ1) is 11.9. The van der Waals surface area contributed by atoms with Crippen LogP contribution in [0.2, 0.25) is 0 Å². The van der Waals surface area contributed by atoms with Crippen LogP contribution in [0.4, 0.5) is 0 Å². The van der Waals surface area contributed by atoms with Crippen molar-refractivity contribution >= 4 is 18.3 Å². The maximum atomic E-state index is 12.5. The fourth-order valence-corrected chi connectivity index (χ4v) is 3.28. The second-order valence-corrected chi connectivity index (χ2v) is 6.96. The van der Waals surface area contributed by atoms with Gasteiger partial charge in [0.15, 0.2) is 11.5 Å². The van der Waals surface area contributed by atoms with E-state index < -0.39 is 11.0 Å². The molecule has 7 nitrogen and oxygen atoms in total. The summed E-state index contributed by atoms with van der Waals surface area (Å²) in [5.41, 5.74) is 5.03. The average Bonchev–Trinajstić information content (AvgIpc) is 3.05. The van der Waals surface area contributed by atoms with E-state index in [1.54, 1.807) is 12.1 Å². The Balaban J connectivity index is 0.00000243. The summed E-state index contributed by atoms with van der Waals surface area (Å²) < 4.78 is 21.9. The molecule has 1 aromatic rings. The van der Waals surface area contributed by atoms with Gasteiger partial charge >= 0.3 is 0 Å². The summed E-state index contributed by atoms with van der Waals surface area (Å²) in [4.78, 5) is 12.5. The molecule has 1 saturated carbocycles. The van der Waals surface area contributed by atoms with E-state index in [-0.39, 0.29) is 31.2 Å². The highest BCUT2D eigenvalue weighted by Gasteiger charge is 2.62. The Morgan fingerprint density at radius 3 is 2.77 bits per heavy atom. The quantitative estimate of drug-likeness (QED) is 0.695. The van der Waals surface area contributed by atoms with Crippen molar-refractivity contribution < 1.29 is 23.7 Å². The van der Waals surface area contributed by atoms with Gasteiger partial charge in [0.05, 0.1) is 12.6 Å². The lowest BCUT2D eigenvalue weighted by molar-refractivity contribution is -0.170. The molecule has 2 aliphatic rings.